The molecule has 0 saturated heterocycles. The van der Waals surface area contributed by atoms with Crippen molar-refractivity contribution in [2.75, 3.05) is 0 Å². The Bertz CT molecular complexity index is 1150. The van der Waals surface area contributed by atoms with Gasteiger partial charge in [-0.15, -0.1) is 0 Å². The van der Waals surface area contributed by atoms with E-state index in [0.717, 1.165) is 23.9 Å². The summed E-state index contributed by atoms with van der Waals surface area (Å²) in [5, 5.41) is 15.0. The molecule has 0 aromatic heterocycles. The molecule has 3 aromatic rings. The number of rotatable bonds is 7. The number of nitrogens with one attached hydrogen (secondary N) is 1. The van der Waals surface area contributed by atoms with E-state index >= 15 is 0 Å². The highest BCUT2D eigenvalue weighted by molar-refractivity contribution is 5.95. The zero-order chi connectivity index (χ0) is 23.1. The zero-order valence-corrected chi connectivity index (χ0v) is 16.4. The smallest absolute Gasteiger partial charge is 0.416 e. The van der Waals surface area contributed by atoms with Gasteiger partial charge in [-0.2, -0.15) is 18.3 Å². The van der Waals surface area contributed by atoms with Gasteiger partial charge in [-0.25, -0.2) is 5.43 Å². The number of halogens is 3. The van der Waals surface area contributed by atoms with Gasteiger partial charge in [0.2, 0.25) is 0 Å². The first kappa shape index (κ1) is 22.5. The van der Waals surface area contributed by atoms with Gasteiger partial charge in [0.05, 0.1) is 16.7 Å². The number of hydrogen-bond donors (Lipinski definition) is 1. The summed E-state index contributed by atoms with van der Waals surface area (Å²) in [6.45, 7) is 0.141. The molecule has 0 unspecified atom stereocenters. The number of benzene rings is 3. The summed E-state index contributed by atoms with van der Waals surface area (Å²) in [7, 11) is 0. The lowest BCUT2D eigenvalue weighted by atomic mass is 10.1. The van der Waals surface area contributed by atoms with Crippen LogP contribution in [0.15, 0.2) is 77.9 Å². The van der Waals surface area contributed by atoms with Crippen molar-refractivity contribution >= 4 is 17.8 Å². The molecule has 0 aliphatic rings. The monoisotopic (exact) mass is 443 g/mol. The lowest BCUT2D eigenvalue weighted by Crippen LogP contribution is -2.18. The second-order valence-corrected chi connectivity index (χ2v) is 6.54. The number of carbonyl (C=O) groups is 1. The summed E-state index contributed by atoms with van der Waals surface area (Å²) < 4.78 is 43.8. The minimum atomic E-state index is -4.58. The molecule has 0 aliphatic carbocycles. The third-order valence-corrected chi connectivity index (χ3v) is 4.25. The van der Waals surface area contributed by atoms with E-state index in [1.165, 1.54) is 24.3 Å². The van der Waals surface area contributed by atoms with Crippen molar-refractivity contribution in [3.63, 3.8) is 0 Å². The van der Waals surface area contributed by atoms with Gasteiger partial charge in [-0.05, 0) is 35.9 Å². The maximum absolute atomic E-state index is 12.8. The standard InChI is InChI=1S/C22H16F3N3O4/c23-22(24,25)18-8-4-7-17(12-18)21(29)27-26-13-16-9-10-20(19(11-16)28(30)31)32-14-15-5-2-1-3-6-15/h1-13H,14H2,(H,27,29)/b26-13-. The van der Waals surface area contributed by atoms with Crippen LogP contribution in [0, 0.1) is 10.1 Å². The first-order chi connectivity index (χ1) is 15.2. The van der Waals surface area contributed by atoms with Crippen LogP contribution in [-0.2, 0) is 12.8 Å². The second kappa shape index (κ2) is 9.73. The lowest BCUT2D eigenvalue weighted by molar-refractivity contribution is -0.385. The van der Waals surface area contributed by atoms with Gasteiger partial charge in [-0.1, -0.05) is 36.4 Å². The molecule has 3 aromatic carbocycles. The summed E-state index contributed by atoms with van der Waals surface area (Å²) in [4.78, 5) is 22.8. The van der Waals surface area contributed by atoms with E-state index in [-0.39, 0.29) is 29.2 Å². The fourth-order valence-corrected chi connectivity index (χ4v) is 2.68. The van der Waals surface area contributed by atoms with Crippen LogP contribution in [0.5, 0.6) is 5.75 Å². The molecule has 0 fully saturated rings. The van der Waals surface area contributed by atoms with E-state index < -0.39 is 22.6 Å². The van der Waals surface area contributed by atoms with Crippen molar-refractivity contribution < 1.29 is 27.6 Å². The molecule has 0 radical (unpaired) electrons. The van der Waals surface area contributed by atoms with Crippen molar-refractivity contribution in [3.05, 3.63) is 105 Å². The van der Waals surface area contributed by atoms with E-state index in [2.05, 4.69) is 10.5 Å². The van der Waals surface area contributed by atoms with Crippen molar-refractivity contribution in [2.45, 2.75) is 12.8 Å². The van der Waals surface area contributed by atoms with Crippen LogP contribution in [0.2, 0.25) is 0 Å². The van der Waals surface area contributed by atoms with Crippen LogP contribution < -0.4 is 10.2 Å². The molecule has 0 heterocycles. The lowest BCUT2D eigenvalue weighted by Gasteiger charge is -2.08. The summed E-state index contributed by atoms with van der Waals surface area (Å²) >= 11 is 0. The van der Waals surface area contributed by atoms with E-state index in [4.69, 9.17) is 4.74 Å². The number of carbonyl (C=O) groups excluding carboxylic acids is 1. The second-order valence-electron chi connectivity index (χ2n) is 6.54. The number of amides is 1. The minimum absolute atomic E-state index is 0.0593. The van der Waals surface area contributed by atoms with Gasteiger partial charge < -0.3 is 4.74 Å². The molecule has 0 bridgehead atoms. The molecule has 0 aliphatic heterocycles. The Labute approximate surface area is 180 Å². The third-order valence-electron chi connectivity index (χ3n) is 4.25. The van der Waals surface area contributed by atoms with Crippen LogP contribution in [0.25, 0.3) is 0 Å². The molecule has 0 spiro atoms. The maximum Gasteiger partial charge on any atom is 0.416 e. The quantitative estimate of drug-likeness (QED) is 0.317. The molecule has 7 nitrogen and oxygen atoms in total. The van der Waals surface area contributed by atoms with Gasteiger partial charge in [0.15, 0.2) is 5.75 Å². The zero-order valence-electron chi connectivity index (χ0n) is 16.4. The number of nitro benzene ring substituents is 1. The van der Waals surface area contributed by atoms with Gasteiger partial charge in [0, 0.05) is 17.2 Å². The highest BCUT2D eigenvalue weighted by Gasteiger charge is 2.30. The average molecular weight is 443 g/mol. The molecule has 1 N–H and O–H groups in total. The molecule has 1 amide bonds. The Balaban J connectivity index is 1.68. The first-order valence-electron chi connectivity index (χ1n) is 9.20. The van der Waals surface area contributed by atoms with Crippen molar-refractivity contribution in [1.82, 2.24) is 5.43 Å². The van der Waals surface area contributed by atoms with Gasteiger partial charge >= 0.3 is 11.9 Å². The predicted molar refractivity (Wildman–Crippen MR) is 110 cm³/mol. The number of nitrogens with zero attached hydrogens (tertiary/aromatic N) is 2. The van der Waals surface area contributed by atoms with E-state index in [9.17, 15) is 28.1 Å². The number of ether oxygens (including phenoxy) is 1. The summed E-state index contributed by atoms with van der Waals surface area (Å²) in [5.74, 6) is -0.798. The van der Waals surface area contributed by atoms with Crippen molar-refractivity contribution in [3.8, 4) is 5.75 Å². The van der Waals surface area contributed by atoms with Crippen LogP contribution in [-0.4, -0.2) is 17.0 Å². The van der Waals surface area contributed by atoms with Crippen LogP contribution in [0.4, 0.5) is 18.9 Å². The van der Waals surface area contributed by atoms with Crippen LogP contribution in [0.3, 0.4) is 0 Å². The summed E-state index contributed by atoms with van der Waals surface area (Å²) in [5.41, 5.74) is 1.73. The van der Waals surface area contributed by atoms with Crippen molar-refractivity contribution in [1.29, 1.82) is 0 Å². The topological polar surface area (TPSA) is 93.8 Å². The number of hydrogen-bond acceptors (Lipinski definition) is 5. The molecular formula is C22H16F3N3O4. The fraction of sp³-hybridized carbons (Fsp3) is 0.0909. The number of hydrazone groups is 1. The molecule has 32 heavy (non-hydrogen) atoms. The molecule has 3 rings (SSSR count). The Kier molecular flexibility index (Phi) is 6.83. The Morgan fingerprint density at radius 3 is 2.50 bits per heavy atom. The Hall–Kier alpha value is -4.21. The molecule has 0 atom stereocenters. The van der Waals surface area contributed by atoms with Gasteiger partial charge in [-0.3, -0.25) is 14.9 Å². The Morgan fingerprint density at radius 2 is 1.81 bits per heavy atom. The van der Waals surface area contributed by atoms with Gasteiger partial charge in [0.1, 0.15) is 6.61 Å². The number of alkyl halides is 3. The van der Waals surface area contributed by atoms with E-state index in [1.54, 1.807) is 0 Å². The maximum atomic E-state index is 12.8. The van der Waals surface area contributed by atoms with E-state index in [0.29, 0.717) is 6.07 Å². The van der Waals surface area contributed by atoms with Crippen LogP contribution in [0.1, 0.15) is 27.0 Å². The molecule has 10 heteroatoms. The normalized spacial score (nSPS) is 11.3. The SMILES string of the molecule is O=C(N/N=C\c1ccc(OCc2ccccc2)c([N+](=O)[O-])c1)c1cccc(C(F)(F)F)c1. The number of nitro groups is 1. The molecule has 0 saturated carbocycles. The summed E-state index contributed by atoms with van der Waals surface area (Å²) in [6.07, 6.45) is -3.44. The third kappa shape index (κ3) is 5.91. The first-order valence-corrected chi connectivity index (χ1v) is 9.20. The minimum Gasteiger partial charge on any atom is -0.482 e. The molecular weight excluding hydrogens is 427 g/mol. The van der Waals surface area contributed by atoms with E-state index in [1.807, 2.05) is 30.3 Å². The highest BCUT2D eigenvalue weighted by Crippen LogP contribution is 2.30. The highest BCUT2D eigenvalue weighted by atomic mass is 19.4. The van der Waals surface area contributed by atoms with Gasteiger partial charge in [0.25, 0.3) is 5.91 Å². The van der Waals surface area contributed by atoms with Crippen molar-refractivity contribution in [2.24, 2.45) is 5.10 Å². The largest absolute Gasteiger partial charge is 0.482 e. The summed E-state index contributed by atoms with van der Waals surface area (Å²) in [6, 6.07) is 17.1. The Morgan fingerprint density at radius 1 is 1.06 bits per heavy atom. The average Bonchev–Trinajstić information content (AvgIpc) is 2.78. The fourth-order valence-electron chi connectivity index (χ4n) is 2.68. The van der Waals surface area contributed by atoms with Crippen LogP contribution >= 0.6 is 0 Å². The molecule has 164 valence electrons. The predicted octanol–water partition coefficient (Wildman–Crippen LogP) is 4.96.